The van der Waals surface area contributed by atoms with Crippen LogP contribution in [0, 0.1) is 35.0 Å². The van der Waals surface area contributed by atoms with Crippen LogP contribution >= 0.6 is 0 Å². The first-order valence-corrected chi connectivity index (χ1v) is 8.76. The van der Waals surface area contributed by atoms with Crippen LogP contribution in [-0.4, -0.2) is 0 Å². The fourth-order valence-electron chi connectivity index (χ4n) is 4.37. The van der Waals surface area contributed by atoms with E-state index >= 15 is 0 Å². The van der Waals surface area contributed by atoms with Crippen LogP contribution in [0.2, 0.25) is 0 Å². The van der Waals surface area contributed by atoms with Crippen molar-refractivity contribution in [2.24, 2.45) is 35.0 Å². The fourth-order valence-corrected chi connectivity index (χ4v) is 4.37. The van der Waals surface area contributed by atoms with Crippen LogP contribution < -0.4 is 0 Å². The highest BCUT2D eigenvalue weighted by atomic mass is 14.5. The maximum atomic E-state index is 2.59. The Hall–Kier alpha value is -0.260. The maximum absolute atomic E-state index is 2.59. The summed E-state index contributed by atoms with van der Waals surface area (Å²) in [6, 6.07) is 0. The standard InChI is InChI=1S/C20H40/c1-14(2)11-12-19(13-15(3)4)20(16(5)6,17(7)8)18(9)10/h12,14-18H,11,13H2,1-10H3. The summed E-state index contributed by atoms with van der Waals surface area (Å²) < 4.78 is 0. The lowest BCUT2D eigenvalue weighted by atomic mass is 9.56. The molecule has 0 aromatic rings. The zero-order chi connectivity index (χ0) is 16.1. The SMILES string of the molecule is CC(C)CC=C(CC(C)C)C(C(C)C)(C(C)C)C(C)C. The second-order valence-corrected chi connectivity index (χ2v) is 8.35. The zero-order valence-corrected chi connectivity index (χ0v) is 15.9. The van der Waals surface area contributed by atoms with E-state index in [4.69, 9.17) is 0 Å². The summed E-state index contributed by atoms with van der Waals surface area (Å²) in [5.74, 6) is 3.57. The van der Waals surface area contributed by atoms with Crippen molar-refractivity contribution >= 4 is 0 Å². The van der Waals surface area contributed by atoms with Crippen molar-refractivity contribution in [2.45, 2.75) is 82.1 Å². The summed E-state index contributed by atoms with van der Waals surface area (Å²) in [5, 5.41) is 0. The molecule has 0 atom stereocenters. The predicted molar refractivity (Wildman–Crippen MR) is 93.9 cm³/mol. The van der Waals surface area contributed by atoms with Gasteiger partial charge >= 0.3 is 0 Å². The number of hydrogen-bond acceptors (Lipinski definition) is 0. The molecule has 0 heteroatoms. The maximum Gasteiger partial charge on any atom is -0.00191 e. The molecule has 0 aliphatic heterocycles. The van der Waals surface area contributed by atoms with Crippen LogP contribution in [0.25, 0.3) is 0 Å². The lowest BCUT2D eigenvalue weighted by molar-refractivity contribution is 0.0875. The van der Waals surface area contributed by atoms with Gasteiger partial charge in [0.25, 0.3) is 0 Å². The molecule has 20 heavy (non-hydrogen) atoms. The van der Waals surface area contributed by atoms with Crippen molar-refractivity contribution in [3.05, 3.63) is 11.6 Å². The summed E-state index contributed by atoms with van der Waals surface area (Å²) in [6.07, 6.45) is 5.06. The molecule has 0 radical (unpaired) electrons. The molecule has 0 aliphatic rings. The fraction of sp³-hybridized carbons (Fsp3) is 0.900. The van der Waals surface area contributed by atoms with E-state index in [2.05, 4.69) is 75.3 Å². The van der Waals surface area contributed by atoms with Crippen LogP contribution in [0.4, 0.5) is 0 Å². The van der Waals surface area contributed by atoms with Crippen molar-refractivity contribution in [2.75, 3.05) is 0 Å². The van der Waals surface area contributed by atoms with Crippen molar-refractivity contribution in [1.29, 1.82) is 0 Å². The third-order valence-corrected chi connectivity index (χ3v) is 4.89. The van der Waals surface area contributed by atoms with Crippen LogP contribution in [0.3, 0.4) is 0 Å². The Balaban J connectivity index is 5.79. The first kappa shape index (κ1) is 19.7. The first-order valence-electron chi connectivity index (χ1n) is 8.76. The summed E-state index contributed by atoms with van der Waals surface area (Å²) >= 11 is 0. The predicted octanol–water partition coefficient (Wildman–Crippen LogP) is 6.96. The van der Waals surface area contributed by atoms with Gasteiger partial charge in [0.2, 0.25) is 0 Å². The molecule has 0 fully saturated rings. The molecule has 0 rings (SSSR count). The van der Waals surface area contributed by atoms with Gasteiger partial charge in [-0.2, -0.15) is 0 Å². The molecule has 0 spiro atoms. The molecular weight excluding hydrogens is 240 g/mol. The van der Waals surface area contributed by atoms with Crippen molar-refractivity contribution in [3.8, 4) is 0 Å². The molecule has 0 nitrogen and oxygen atoms in total. The number of rotatable bonds is 8. The van der Waals surface area contributed by atoms with Crippen molar-refractivity contribution in [1.82, 2.24) is 0 Å². The van der Waals surface area contributed by atoms with Gasteiger partial charge in [0.1, 0.15) is 0 Å². The van der Waals surface area contributed by atoms with Gasteiger partial charge < -0.3 is 0 Å². The highest BCUT2D eigenvalue weighted by Gasteiger charge is 2.42. The largest absolute Gasteiger partial charge is 0.0845 e. The van der Waals surface area contributed by atoms with Gasteiger partial charge in [0.05, 0.1) is 0 Å². The van der Waals surface area contributed by atoms with Crippen LogP contribution in [0.5, 0.6) is 0 Å². The van der Waals surface area contributed by atoms with Gasteiger partial charge in [0.15, 0.2) is 0 Å². The molecular formula is C20H40. The molecule has 0 unspecified atom stereocenters. The van der Waals surface area contributed by atoms with Crippen LogP contribution in [0.1, 0.15) is 82.1 Å². The van der Waals surface area contributed by atoms with Gasteiger partial charge in [-0.1, -0.05) is 80.9 Å². The minimum atomic E-state index is 0.346. The quantitative estimate of drug-likeness (QED) is 0.422. The Bertz CT molecular complexity index is 267. The Morgan fingerprint density at radius 1 is 0.700 bits per heavy atom. The first-order chi connectivity index (χ1) is 9.06. The van der Waals surface area contributed by atoms with Crippen LogP contribution in [-0.2, 0) is 0 Å². The van der Waals surface area contributed by atoms with Crippen LogP contribution in [0.15, 0.2) is 11.6 Å². The van der Waals surface area contributed by atoms with Crippen molar-refractivity contribution in [3.63, 3.8) is 0 Å². The molecule has 0 N–H and O–H groups in total. The minimum absolute atomic E-state index is 0.346. The second kappa shape index (κ2) is 8.25. The van der Waals surface area contributed by atoms with Gasteiger partial charge in [-0.25, -0.2) is 0 Å². The summed E-state index contributed by atoms with van der Waals surface area (Å²) in [5.41, 5.74) is 2.07. The molecule has 0 amide bonds. The van der Waals surface area contributed by atoms with E-state index < -0.39 is 0 Å². The van der Waals surface area contributed by atoms with E-state index in [1.54, 1.807) is 5.57 Å². The van der Waals surface area contributed by atoms with E-state index in [1.165, 1.54) is 12.8 Å². The van der Waals surface area contributed by atoms with E-state index in [1.807, 2.05) is 0 Å². The van der Waals surface area contributed by atoms with E-state index in [9.17, 15) is 0 Å². The van der Waals surface area contributed by atoms with E-state index in [-0.39, 0.29) is 0 Å². The van der Waals surface area contributed by atoms with E-state index in [0.717, 1.165) is 11.8 Å². The third kappa shape index (κ3) is 4.64. The van der Waals surface area contributed by atoms with E-state index in [0.29, 0.717) is 23.2 Å². The molecule has 120 valence electrons. The van der Waals surface area contributed by atoms with Gasteiger partial charge in [-0.15, -0.1) is 0 Å². The van der Waals surface area contributed by atoms with Gasteiger partial charge in [-0.05, 0) is 47.8 Å². The molecule has 0 aliphatic carbocycles. The number of allylic oxidation sites excluding steroid dienone is 2. The lowest BCUT2D eigenvalue weighted by Crippen LogP contribution is -2.40. The Kier molecular flexibility index (Phi) is 8.14. The Morgan fingerprint density at radius 2 is 1.10 bits per heavy atom. The van der Waals surface area contributed by atoms with Gasteiger partial charge in [0, 0.05) is 0 Å². The summed E-state index contributed by atoms with van der Waals surface area (Å²) in [7, 11) is 0. The number of hydrogen-bond donors (Lipinski definition) is 0. The normalized spacial score (nSPS) is 14.4. The summed E-state index contributed by atoms with van der Waals surface area (Å²) in [6.45, 7) is 23.9. The summed E-state index contributed by atoms with van der Waals surface area (Å²) in [4.78, 5) is 0. The Labute approximate surface area is 129 Å². The average molecular weight is 281 g/mol. The molecule has 0 aromatic heterocycles. The minimum Gasteiger partial charge on any atom is -0.0845 e. The highest BCUT2D eigenvalue weighted by Crippen LogP contribution is 2.51. The lowest BCUT2D eigenvalue weighted by Gasteiger charge is -2.48. The Morgan fingerprint density at radius 3 is 1.35 bits per heavy atom. The smallest absolute Gasteiger partial charge is 0.00191 e. The molecule has 0 saturated heterocycles. The third-order valence-electron chi connectivity index (χ3n) is 4.89. The average Bonchev–Trinajstić information content (AvgIpc) is 2.23. The highest BCUT2D eigenvalue weighted by molar-refractivity contribution is 5.19. The van der Waals surface area contributed by atoms with Gasteiger partial charge in [-0.3, -0.25) is 0 Å². The molecule has 0 heterocycles. The monoisotopic (exact) mass is 280 g/mol. The second-order valence-electron chi connectivity index (χ2n) is 8.35. The topological polar surface area (TPSA) is 0 Å². The molecule has 0 bridgehead atoms. The van der Waals surface area contributed by atoms with Crippen molar-refractivity contribution < 1.29 is 0 Å². The molecule has 0 saturated carbocycles. The molecule has 0 aromatic carbocycles. The zero-order valence-electron chi connectivity index (χ0n) is 15.9.